The smallest absolute Gasteiger partial charge is 0.155 e. The van der Waals surface area contributed by atoms with Crippen molar-refractivity contribution in [2.45, 2.75) is 44.0 Å². The zero-order chi connectivity index (χ0) is 14.0. The van der Waals surface area contributed by atoms with Crippen LogP contribution in [0.1, 0.15) is 30.4 Å². The van der Waals surface area contributed by atoms with Gasteiger partial charge in [0.25, 0.3) is 0 Å². The fourth-order valence-corrected chi connectivity index (χ4v) is 4.64. The van der Waals surface area contributed by atoms with E-state index >= 15 is 0 Å². The Hall–Kier alpha value is -0.940. The van der Waals surface area contributed by atoms with E-state index in [0.29, 0.717) is 18.4 Å². The predicted molar refractivity (Wildman–Crippen MR) is 72.3 cm³/mol. The third-order valence-electron chi connectivity index (χ3n) is 3.80. The van der Waals surface area contributed by atoms with Crippen molar-refractivity contribution in [3.05, 3.63) is 35.1 Å². The van der Waals surface area contributed by atoms with Gasteiger partial charge in [0.2, 0.25) is 0 Å². The first-order chi connectivity index (χ1) is 8.90. The monoisotopic (exact) mass is 286 g/mol. The summed E-state index contributed by atoms with van der Waals surface area (Å²) in [6.07, 6.45) is 1.23. The quantitative estimate of drug-likeness (QED) is 0.924. The number of halogens is 1. The minimum atomic E-state index is -3.21. The van der Waals surface area contributed by atoms with Crippen LogP contribution in [0.25, 0.3) is 0 Å². The third kappa shape index (κ3) is 3.34. The van der Waals surface area contributed by atoms with Crippen LogP contribution < -0.4 is 0 Å². The van der Waals surface area contributed by atoms with Crippen molar-refractivity contribution in [1.82, 2.24) is 0 Å². The summed E-state index contributed by atoms with van der Waals surface area (Å²) >= 11 is 0. The largest absolute Gasteiger partial charge is 0.391 e. The molecular weight excluding hydrogens is 267 g/mol. The van der Waals surface area contributed by atoms with Crippen molar-refractivity contribution in [1.29, 1.82) is 0 Å². The average Bonchev–Trinajstić information content (AvgIpc) is 2.33. The van der Waals surface area contributed by atoms with Crippen LogP contribution in [0, 0.1) is 12.7 Å². The molecule has 1 saturated heterocycles. The Morgan fingerprint density at radius 3 is 2.84 bits per heavy atom. The summed E-state index contributed by atoms with van der Waals surface area (Å²) in [4.78, 5) is 0. The molecule has 1 fully saturated rings. The molecule has 2 atom stereocenters. The van der Waals surface area contributed by atoms with Crippen molar-refractivity contribution >= 4 is 9.84 Å². The number of rotatable bonds is 3. The van der Waals surface area contributed by atoms with Gasteiger partial charge < -0.3 is 5.11 Å². The summed E-state index contributed by atoms with van der Waals surface area (Å²) in [5.41, 5.74) is 1.54. The molecule has 3 nitrogen and oxygen atoms in total. The van der Waals surface area contributed by atoms with Gasteiger partial charge in [0.05, 0.1) is 17.1 Å². The zero-order valence-corrected chi connectivity index (χ0v) is 11.8. The maximum Gasteiger partial charge on any atom is 0.155 e. The van der Waals surface area contributed by atoms with Crippen LogP contribution in [-0.4, -0.2) is 30.6 Å². The molecule has 0 bridgehead atoms. The molecule has 1 heterocycles. The zero-order valence-electron chi connectivity index (χ0n) is 11.0. The van der Waals surface area contributed by atoms with E-state index in [0.717, 1.165) is 12.0 Å². The Labute approximate surface area is 113 Å². The predicted octanol–water partition coefficient (Wildman–Crippen LogP) is 2.00. The molecule has 0 aromatic heterocycles. The van der Waals surface area contributed by atoms with Gasteiger partial charge in [0.1, 0.15) is 5.82 Å². The van der Waals surface area contributed by atoms with Gasteiger partial charge in [-0.2, -0.15) is 0 Å². The third-order valence-corrected chi connectivity index (χ3v) is 6.13. The Bertz CT molecular complexity index is 554. The fourth-order valence-electron chi connectivity index (χ4n) is 2.63. The highest BCUT2D eigenvalue weighted by atomic mass is 32.2. The van der Waals surface area contributed by atoms with Crippen molar-refractivity contribution in [3.63, 3.8) is 0 Å². The first kappa shape index (κ1) is 14.5. The number of hydrogen-bond donors (Lipinski definition) is 1. The Morgan fingerprint density at radius 2 is 2.16 bits per heavy atom. The minimum absolute atomic E-state index is 0.150. The summed E-state index contributed by atoms with van der Waals surface area (Å²) in [6.45, 7) is 1.83. The Balaban J connectivity index is 2.16. The highest BCUT2D eigenvalue weighted by Gasteiger charge is 2.34. The summed E-state index contributed by atoms with van der Waals surface area (Å²) in [7, 11) is -3.21. The number of aliphatic hydroxyl groups is 1. The lowest BCUT2D eigenvalue weighted by Crippen LogP contribution is -2.39. The van der Waals surface area contributed by atoms with E-state index in [1.54, 1.807) is 6.07 Å². The summed E-state index contributed by atoms with van der Waals surface area (Å²) < 4.78 is 37.1. The molecule has 0 saturated carbocycles. The lowest BCUT2D eigenvalue weighted by molar-refractivity contribution is 0.161. The number of sulfone groups is 1. The number of benzene rings is 1. The lowest BCUT2D eigenvalue weighted by Gasteiger charge is -2.27. The van der Waals surface area contributed by atoms with Gasteiger partial charge in [-0.05, 0) is 49.4 Å². The van der Waals surface area contributed by atoms with Crippen LogP contribution in [0.3, 0.4) is 0 Å². The van der Waals surface area contributed by atoms with Crippen molar-refractivity contribution in [2.75, 3.05) is 5.75 Å². The van der Waals surface area contributed by atoms with Crippen molar-refractivity contribution < 1.29 is 17.9 Å². The normalized spacial score (nSPS) is 24.1. The highest BCUT2D eigenvalue weighted by Crippen LogP contribution is 2.25. The maximum absolute atomic E-state index is 13.2. The molecule has 5 heteroatoms. The Kier molecular flexibility index (Phi) is 4.26. The SMILES string of the molecule is Cc1ccc(F)cc1CC(O)C1CCCCS1(=O)=O. The van der Waals surface area contributed by atoms with Crippen LogP contribution in [0.5, 0.6) is 0 Å². The van der Waals surface area contributed by atoms with Gasteiger partial charge in [-0.25, -0.2) is 12.8 Å². The standard InChI is InChI=1S/C14H19FO3S/c1-10-5-6-12(15)8-11(10)9-13(16)14-4-2-3-7-19(14,17)18/h5-6,8,13-14,16H,2-4,7,9H2,1H3. The molecule has 0 spiro atoms. The van der Waals surface area contributed by atoms with Gasteiger partial charge in [0.15, 0.2) is 9.84 Å². The average molecular weight is 286 g/mol. The van der Waals surface area contributed by atoms with Crippen LogP contribution >= 0.6 is 0 Å². The topological polar surface area (TPSA) is 54.4 Å². The second-order valence-corrected chi connectivity index (χ2v) is 7.58. The second-order valence-electron chi connectivity index (χ2n) is 5.24. The van der Waals surface area contributed by atoms with E-state index in [1.807, 2.05) is 6.92 Å². The maximum atomic E-state index is 13.2. The van der Waals surface area contributed by atoms with Gasteiger partial charge in [-0.3, -0.25) is 0 Å². The summed E-state index contributed by atoms with van der Waals surface area (Å²) in [5, 5.41) is 9.47. The van der Waals surface area contributed by atoms with E-state index < -0.39 is 21.2 Å². The second kappa shape index (κ2) is 5.59. The van der Waals surface area contributed by atoms with Crippen LogP contribution in [0.2, 0.25) is 0 Å². The molecule has 1 aromatic rings. The van der Waals surface area contributed by atoms with Gasteiger partial charge in [-0.1, -0.05) is 12.5 Å². The van der Waals surface area contributed by atoms with Crippen LogP contribution in [0.4, 0.5) is 4.39 Å². The highest BCUT2D eigenvalue weighted by molar-refractivity contribution is 7.92. The molecule has 0 aliphatic carbocycles. The van der Waals surface area contributed by atoms with Gasteiger partial charge >= 0.3 is 0 Å². The first-order valence-electron chi connectivity index (χ1n) is 6.55. The fraction of sp³-hybridized carbons (Fsp3) is 0.571. The molecule has 1 N–H and O–H groups in total. The Morgan fingerprint density at radius 1 is 1.42 bits per heavy atom. The molecular formula is C14H19FO3S. The molecule has 0 amide bonds. The molecule has 2 unspecified atom stereocenters. The van der Waals surface area contributed by atoms with E-state index in [9.17, 15) is 17.9 Å². The van der Waals surface area contributed by atoms with E-state index in [4.69, 9.17) is 0 Å². The van der Waals surface area contributed by atoms with Crippen LogP contribution in [-0.2, 0) is 16.3 Å². The minimum Gasteiger partial charge on any atom is -0.391 e. The van der Waals surface area contributed by atoms with Crippen molar-refractivity contribution in [2.24, 2.45) is 0 Å². The van der Waals surface area contributed by atoms with E-state index in [1.165, 1.54) is 12.1 Å². The number of aliphatic hydroxyl groups excluding tert-OH is 1. The lowest BCUT2D eigenvalue weighted by atomic mass is 9.98. The van der Waals surface area contributed by atoms with Crippen molar-refractivity contribution in [3.8, 4) is 0 Å². The van der Waals surface area contributed by atoms with Gasteiger partial charge in [-0.15, -0.1) is 0 Å². The molecule has 106 valence electrons. The van der Waals surface area contributed by atoms with Crippen LogP contribution in [0.15, 0.2) is 18.2 Å². The molecule has 1 aliphatic rings. The van der Waals surface area contributed by atoms with E-state index in [2.05, 4.69) is 0 Å². The first-order valence-corrected chi connectivity index (χ1v) is 8.26. The molecule has 1 aliphatic heterocycles. The number of hydrogen-bond acceptors (Lipinski definition) is 3. The molecule has 19 heavy (non-hydrogen) atoms. The molecule has 1 aromatic carbocycles. The van der Waals surface area contributed by atoms with Gasteiger partial charge in [0, 0.05) is 0 Å². The van der Waals surface area contributed by atoms with E-state index in [-0.39, 0.29) is 18.0 Å². The summed E-state index contributed by atoms with van der Waals surface area (Å²) in [6, 6.07) is 4.38. The molecule has 0 radical (unpaired) electrons. The number of aryl methyl sites for hydroxylation is 1. The molecule has 2 rings (SSSR count). The summed E-state index contributed by atoms with van der Waals surface area (Å²) in [5.74, 6) is -0.212.